The molecule has 1 aliphatic carbocycles. The summed E-state index contributed by atoms with van der Waals surface area (Å²) in [6, 6.07) is 8.49. The molecule has 4 bridgehead atoms. The van der Waals surface area contributed by atoms with Gasteiger partial charge in [0.1, 0.15) is 0 Å². The first-order valence-electron chi connectivity index (χ1n) is 5.32. The number of fused-ring (bicyclic) bond motifs is 5. The number of hydrogen-bond acceptors (Lipinski definition) is 2. The summed E-state index contributed by atoms with van der Waals surface area (Å²) in [6.45, 7) is 0. The largest absolute Gasteiger partial charge is 0.255 e. The van der Waals surface area contributed by atoms with Crippen molar-refractivity contribution in [3.63, 3.8) is 0 Å². The Morgan fingerprint density at radius 3 is 1.87 bits per heavy atom. The van der Waals surface area contributed by atoms with Crippen LogP contribution in [0.25, 0.3) is 11.4 Å². The van der Waals surface area contributed by atoms with Gasteiger partial charge in [0.2, 0.25) is 0 Å². The van der Waals surface area contributed by atoms with Crippen LogP contribution in [0.2, 0.25) is 0 Å². The highest BCUT2D eigenvalue weighted by Gasteiger charge is 2.06. The Morgan fingerprint density at radius 2 is 1.33 bits per heavy atom. The molecule has 0 saturated heterocycles. The molecule has 1 aliphatic rings. The summed E-state index contributed by atoms with van der Waals surface area (Å²) >= 11 is 0. The highest BCUT2D eigenvalue weighted by Crippen LogP contribution is 2.20. The lowest BCUT2D eigenvalue weighted by Crippen LogP contribution is -1.88. The lowest BCUT2D eigenvalue weighted by atomic mass is 10.1. The van der Waals surface area contributed by atoms with Gasteiger partial charge in [-0.15, -0.1) is 0 Å². The maximum absolute atomic E-state index is 4.36. The summed E-state index contributed by atoms with van der Waals surface area (Å²) in [5.74, 6) is 0. The molecule has 0 saturated carbocycles. The fourth-order valence-electron chi connectivity index (χ4n) is 2.04. The molecule has 0 amide bonds. The monoisotopic (exact) mass is 196 g/mol. The fourth-order valence-corrected chi connectivity index (χ4v) is 2.04. The van der Waals surface area contributed by atoms with E-state index in [1.54, 1.807) is 0 Å². The lowest BCUT2D eigenvalue weighted by molar-refractivity contribution is 0.821. The average Bonchev–Trinajstić information content (AvgIpc) is 2.32. The van der Waals surface area contributed by atoms with Gasteiger partial charge in [0.05, 0.1) is 11.4 Å². The molecule has 0 aromatic carbocycles. The van der Waals surface area contributed by atoms with Gasteiger partial charge >= 0.3 is 0 Å². The van der Waals surface area contributed by atoms with Crippen molar-refractivity contribution in [3.05, 3.63) is 47.8 Å². The SMILES string of the molecule is c1cc2cc(n1)-c1cc(ccn1)CCC2. The topological polar surface area (TPSA) is 25.8 Å². The predicted molar refractivity (Wildman–Crippen MR) is 59.5 cm³/mol. The van der Waals surface area contributed by atoms with E-state index in [0.717, 1.165) is 24.2 Å². The number of aromatic nitrogens is 2. The predicted octanol–water partition coefficient (Wildman–Crippen LogP) is 2.63. The quantitative estimate of drug-likeness (QED) is 0.647. The van der Waals surface area contributed by atoms with Gasteiger partial charge in [-0.25, -0.2) is 0 Å². The van der Waals surface area contributed by atoms with Gasteiger partial charge in [0.15, 0.2) is 0 Å². The minimum Gasteiger partial charge on any atom is -0.255 e. The van der Waals surface area contributed by atoms with Crippen molar-refractivity contribution in [1.82, 2.24) is 9.97 Å². The van der Waals surface area contributed by atoms with Crippen LogP contribution in [-0.4, -0.2) is 9.97 Å². The van der Waals surface area contributed by atoms with E-state index in [9.17, 15) is 0 Å². The van der Waals surface area contributed by atoms with E-state index in [-0.39, 0.29) is 0 Å². The Bertz CT molecular complexity index is 446. The van der Waals surface area contributed by atoms with E-state index in [2.05, 4.69) is 34.2 Å². The van der Waals surface area contributed by atoms with E-state index in [0.29, 0.717) is 0 Å². The molecule has 2 nitrogen and oxygen atoms in total. The van der Waals surface area contributed by atoms with E-state index in [1.807, 2.05) is 12.4 Å². The van der Waals surface area contributed by atoms with Crippen molar-refractivity contribution in [1.29, 1.82) is 0 Å². The Kier molecular flexibility index (Phi) is 1.98. The molecule has 2 aromatic rings. The van der Waals surface area contributed by atoms with Crippen molar-refractivity contribution in [2.75, 3.05) is 0 Å². The molecule has 0 unspecified atom stereocenters. The number of aryl methyl sites for hydroxylation is 2. The number of nitrogens with zero attached hydrogens (tertiary/aromatic N) is 2. The first-order chi connectivity index (χ1) is 7.42. The smallest absolute Gasteiger partial charge is 0.0888 e. The Balaban J connectivity index is 2.21. The maximum atomic E-state index is 4.36. The van der Waals surface area contributed by atoms with Gasteiger partial charge in [-0.05, 0) is 54.7 Å². The molecular formula is C13H12N2. The van der Waals surface area contributed by atoms with E-state index in [4.69, 9.17) is 0 Å². The standard InChI is InChI=1S/C13H12N2/c1-2-10-4-6-14-12(8-10)13-9-11(3-1)5-7-15-13/h4-9H,1-3H2. The fraction of sp³-hybridized carbons (Fsp3) is 0.231. The van der Waals surface area contributed by atoms with Crippen molar-refractivity contribution in [2.45, 2.75) is 19.3 Å². The van der Waals surface area contributed by atoms with Gasteiger partial charge in [0, 0.05) is 12.4 Å². The minimum atomic E-state index is 0.997. The first kappa shape index (κ1) is 8.60. The summed E-state index contributed by atoms with van der Waals surface area (Å²) in [6.07, 6.45) is 7.23. The zero-order valence-corrected chi connectivity index (χ0v) is 8.48. The summed E-state index contributed by atoms with van der Waals surface area (Å²) in [5, 5.41) is 0. The van der Waals surface area contributed by atoms with Crippen molar-refractivity contribution in [2.24, 2.45) is 0 Å². The second-order valence-electron chi connectivity index (χ2n) is 3.95. The zero-order valence-electron chi connectivity index (χ0n) is 8.48. The third kappa shape index (κ3) is 1.63. The molecule has 0 fully saturated rings. The highest BCUT2D eigenvalue weighted by molar-refractivity contribution is 5.56. The third-order valence-electron chi connectivity index (χ3n) is 2.84. The van der Waals surface area contributed by atoms with Crippen LogP contribution in [-0.2, 0) is 12.8 Å². The van der Waals surface area contributed by atoms with Gasteiger partial charge in [-0.3, -0.25) is 9.97 Å². The van der Waals surface area contributed by atoms with E-state index >= 15 is 0 Å². The zero-order chi connectivity index (χ0) is 10.1. The Hall–Kier alpha value is -1.70. The van der Waals surface area contributed by atoms with Crippen LogP contribution in [0.1, 0.15) is 17.5 Å². The molecule has 2 heterocycles. The van der Waals surface area contributed by atoms with Crippen LogP contribution in [0, 0.1) is 0 Å². The van der Waals surface area contributed by atoms with Crippen molar-refractivity contribution < 1.29 is 0 Å². The second-order valence-corrected chi connectivity index (χ2v) is 3.95. The minimum absolute atomic E-state index is 0.997. The highest BCUT2D eigenvalue weighted by atomic mass is 14.8. The van der Waals surface area contributed by atoms with E-state index in [1.165, 1.54) is 17.5 Å². The summed E-state index contributed by atoms with van der Waals surface area (Å²) in [7, 11) is 0. The maximum Gasteiger partial charge on any atom is 0.0888 e. The van der Waals surface area contributed by atoms with Crippen LogP contribution < -0.4 is 0 Å². The number of hydrogen-bond donors (Lipinski definition) is 0. The number of rotatable bonds is 0. The van der Waals surface area contributed by atoms with Crippen LogP contribution in [0.3, 0.4) is 0 Å². The molecule has 0 radical (unpaired) electrons. The second kappa shape index (κ2) is 3.46. The third-order valence-corrected chi connectivity index (χ3v) is 2.84. The number of pyridine rings is 2. The molecule has 0 spiro atoms. The Labute approximate surface area is 89.0 Å². The average molecular weight is 196 g/mol. The van der Waals surface area contributed by atoms with Gasteiger partial charge in [-0.2, -0.15) is 0 Å². The van der Waals surface area contributed by atoms with Crippen LogP contribution in [0.15, 0.2) is 36.7 Å². The molecule has 15 heavy (non-hydrogen) atoms. The van der Waals surface area contributed by atoms with Crippen LogP contribution in [0.4, 0.5) is 0 Å². The molecule has 0 atom stereocenters. The first-order valence-corrected chi connectivity index (χ1v) is 5.32. The van der Waals surface area contributed by atoms with Gasteiger partial charge in [0.25, 0.3) is 0 Å². The van der Waals surface area contributed by atoms with E-state index < -0.39 is 0 Å². The molecular weight excluding hydrogens is 184 g/mol. The molecule has 2 heteroatoms. The normalized spacial score (nSPS) is 13.9. The summed E-state index contributed by atoms with van der Waals surface area (Å²) in [5.41, 5.74) is 4.72. The molecule has 3 rings (SSSR count). The van der Waals surface area contributed by atoms with Crippen molar-refractivity contribution >= 4 is 0 Å². The molecule has 2 aromatic heterocycles. The molecule has 0 aliphatic heterocycles. The summed E-state index contributed by atoms with van der Waals surface area (Å²) in [4.78, 5) is 8.73. The Morgan fingerprint density at radius 1 is 0.800 bits per heavy atom. The summed E-state index contributed by atoms with van der Waals surface area (Å²) < 4.78 is 0. The van der Waals surface area contributed by atoms with Crippen LogP contribution in [0.5, 0.6) is 0 Å². The van der Waals surface area contributed by atoms with Crippen LogP contribution >= 0.6 is 0 Å². The molecule has 0 N–H and O–H groups in total. The van der Waals surface area contributed by atoms with Gasteiger partial charge < -0.3 is 0 Å². The molecule has 74 valence electrons. The van der Waals surface area contributed by atoms with Crippen molar-refractivity contribution in [3.8, 4) is 11.4 Å². The lowest BCUT2D eigenvalue weighted by Gasteiger charge is -2.01. The van der Waals surface area contributed by atoms with Gasteiger partial charge in [-0.1, -0.05) is 0 Å².